The van der Waals surface area contributed by atoms with Crippen molar-refractivity contribution < 1.29 is 4.79 Å². The van der Waals surface area contributed by atoms with Crippen LogP contribution in [0.4, 0.5) is 5.69 Å². The molecule has 0 aliphatic carbocycles. The Kier molecular flexibility index (Phi) is 3.62. The Morgan fingerprint density at radius 3 is 3.00 bits per heavy atom. The molecule has 0 bridgehead atoms. The van der Waals surface area contributed by atoms with Crippen LogP contribution in [0, 0.1) is 6.92 Å². The number of benzene rings is 1. The van der Waals surface area contributed by atoms with E-state index in [9.17, 15) is 4.79 Å². The van der Waals surface area contributed by atoms with E-state index >= 15 is 0 Å². The second-order valence-corrected chi connectivity index (χ2v) is 4.50. The number of imidazole rings is 1. The van der Waals surface area contributed by atoms with Gasteiger partial charge in [-0.2, -0.15) is 0 Å². The fourth-order valence-electron chi connectivity index (χ4n) is 1.81. The monoisotopic (exact) mass is 246 g/mol. The highest BCUT2D eigenvalue weighted by molar-refractivity contribution is 5.93. The summed E-state index contributed by atoms with van der Waals surface area (Å²) >= 11 is 0. The molecule has 0 saturated carbocycles. The molecule has 5 heteroatoms. The zero-order chi connectivity index (χ0) is 13.1. The molecule has 1 atom stereocenters. The number of nitrogens with one attached hydrogen (secondary N) is 3. The molecule has 0 fully saturated rings. The van der Waals surface area contributed by atoms with E-state index in [0.717, 1.165) is 22.5 Å². The number of carbonyl (C=O) groups excluding carboxylic acids is 1. The van der Waals surface area contributed by atoms with E-state index in [1.807, 2.05) is 39.1 Å². The number of rotatable bonds is 4. The first-order valence-electron chi connectivity index (χ1n) is 6.02. The van der Waals surface area contributed by atoms with E-state index in [1.54, 1.807) is 0 Å². The smallest absolute Gasteiger partial charge is 0.225 e. The van der Waals surface area contributed by atoms with E-state index in [-0.39, 0.29) is 11.9 Å². The lowest BCUT2D eigenvalue weighted by atomic mass is 10.2. The van der Waals surface area contributed by atoms with Crippen molar-refractivity contribution in [1.82, 2.24) is 15.3 Å². The average Bonchev–Trinajstić information content (AvgIpc) is 2.68. The molecule has 1 aromatic heterocycles. The maximum Gasteiger partial charge on any atom is 0.225 e. The van der Waals surface area contributed by atoms with Crippen molar-refractivity contribution in [3.05, 3.63) is 24.0 Å². The molecule has 2 rings (SSSR count). The number of amides is 1. The number of fused-ring (bicyclic) bond motifs is 1. The fourth-order valence-corrected chi connectivity index (χ4v) is 1.81. The van der Waals surface area contributed by atoms with Crippen LogP contribution in [0.25, 0.3) is 11.0 Å². The zero-order valence-corrected chi connectivity index (χ0v) is 10.9. The van der Waals surface area contributed by atoms with E-state index in [2.05, 4.69) is 20.6 Å². The van der Waals surface area contributed by atoms with Gasteiger partial charge in [0.25, 0.3) is 0 Å². The van der Waals surface area contributed by atoms with Gasteiger partial charge in [-0.05, 0) is 39.1 Å². The summed E-state index contributed by atoms with van der Waals surface area (Å²) in [4.78, 5) is 19.2. The van der Waals surface area contributed by atoms with E-state index < -0.39 is 0 Å². The Bertz CT molecular complexity index is 561. The normalized spacial score (nSPS) is 12.6. The molecule has 1 aromatic carbocycles. The average molecular weight is 246 g/mol. The molecule has 0 saturated heterocycles. The van der Waals surface area contributed by atoms with Gasteiger partial charge < -0.3 is 15.6 Å². The molecule has 5 nitrogen and oxygen atoms in total. The number of aryl methyl sites for hydroxylation is 1. The molecule has 0 spiro atoms. The third-order valence-corrected chi connectivity index (χ3v) is 2.87. The zero-order valence-electron chi connectivity index (χ0n) is 10.9. The Labute approximate surface area is 106 Å². The molecule has 0 radical (unpaired) electrons. The standard InChI is InChI=1S/C13H18N4O/c1-8(14-3)6-13(18)17-10-4-5-11-12(7-10)16-9(2)15-11/h4-5,7-8,14H,6H2,1-3H3,(H,15,16)(H,17,18). The molecular formula is C13H18N4O. The highest BCUT2D eigenvalue weighted by Gasteiger charge is 2.08. The molecule has 3 N–H and O–H groups in total. The predicted molar refractivity (Wildman–Crippen MR) is 72.6 cm³/mol. The van der Waals surface area contributed by atoms with Crippen molar-refractivity contribution in [3.63, 3.8) is 0 Å². The number of hydrogen-bond donors (Lipinski definition) is 3. The first kappa shape index (κ1) is 12.6. The van der Waals surface area contributed by atoms with Crippen LogP contribution in [0.3, 0.4) is 0 Å². The summed E-state index contributed by atoms with van der Waals surface area (Å²) in [5.74, 6) is 0.879. The van der Waals surface area contributed by atoms with Crippen LogP contribution < -0.4 is 10.6 Å². The van der Waals surface area contributed by atoms with E-state index in [1.165, 1.54) is 0 Å². The second-order valence-electron chi connectivity index (χ2n) is 4.50. The largest absolute Gasteiger partial charge is 0.342 e. The molecule has 1 amide bonds. The van der Waals surface area contributed by atoms with E-state index in [4.69, 9.17) is 0 Å². The number of aromatic amines is 1. The van der Waals surface area contributed by atoms with Crippen molar-refractivity contribution in [3.8, 4) is 0 Å². The lowest BCUT2D eigenvalue weighted by Crippen LogP contribution is -2.27. The van der Waals surface area contributed by atoms with Gasteiger partial charge in [0, 0.05) is 18.2 Å². The fraction of sp³-hybridized carbons (Fsp3) is 0.385. The molecule has 0 aliphatic heterocycles. The van der Waals surface area contributed by atoms with Crippen LogP contribution in [-0.2, 0) is 4.79 Å². The predicted octanol–water partition coefficient (Wildman–Crippen LogP) is 1.81. The van der Waals surface area contributed by atoms with Crippen molar-refractivity contribution in [1.29, 1.82) is 0 Å². The molecule has 1 heterocycles. The summed E-state index contributed by atoms with van der Waals surface area (Å²) in [5.41, 5.74) is 2.64. The third kappa shape index (κ3) is 2.87. The molecule has 96 valence electrons. The summed E-state index contributed by atoms with van der Waals surface area (Å²) in [5, 5.41) is 5.92. The SMILES string of the molecule is CNC(C)CC(=O)Nc1ccc2nc(C)[nH]c2c1. The van der Waals surface area contributed by atoms with Crippen LogP contribution in [0.15, 0.2) is 18.2 Å². The van der Waals surface area contributed by atoms with Crippen LogP contribution in [-0.4, -0.2) is 29.0 Å². The van der Waals surface area contributed by atoms with Gasteiger partial charge in [0.05, 0.1) is 11.0 Å². The number of nitrogens with zero attached hydrogens (tertiary/aromatic N) is 1. The third-order valence-electron chi connectivity index (χ3n) is 2.87. The highest BCUT2D eigenvalue weighted by Crippen LogP contribution is 2.17. The van der Waals surface area contributed by atoms with Crippen molar-refractivity contribution in [2.75, 3.05) is 12.4 Å². The van der Waals surface area contributed by atoms with Crippen LogP contribution >= 0.6 is 0 Å². The summed E-state index contributed by atoms with van der Waals surface area (Å²) in [6, 6.07) is 5.83. The lowest BCUT2D eigenvalue weighted by Gasteiger charge is -2.10. The van der Waals surface area contributed by atoms with Gasteiger partial charge in [-0.1, -0.05) is 0 Å². The van der Waals surface area contributed by atoms with Crippen LogP contribution in [0.1, 0.15) is 19.2 Å². The maximum absolute atomic E-state index is 11.7. The molecule has 1 unspecified atom stereocenters. The van der Waals surface area contributed by atoms with Gasteiger partial charge in [-0.15, -0.1) is 0 Å². The van der Waals surface area contributed by atoms with Gasteiger partial charge in [-0.25, -0.2) is 4.98 Å². The second kappa shape index (κ2) is 5.18. The molecular weight excluding hydrogens is 228 g/mol. The maximum atomic E-state index is 11.7. The Hall–Kier alpha value is -1.88. The van der Waals surface area contributed by atoms with Gasteiger partial charge in [0.1, 0.15) is 5.82 Å². The summed E-state index contributed by atoms with van der Waals surface area (Å²) in [6.07, 6.45) is 0.455. The number of H-pyrrole nitrogens is 1. The summed E-state index contributed by atoms with van der Waals surface area (Å²) < 4.78 is 0. The topological polar surface area (TPSA) is 69.8 Å². The first-order chi connectivity index (χ1) is 8.58. The van der Waals surface area contributed by atoms with Crippen molar-refractivity contribution in [2.24, 2.45) is 0 Å². The number of anilines is 1. The Morgan fingerprint density at radius 2 is 2.28 bits per heavy atom. The summed E-state index contributed by atoms with van der Waals surface area (Å²) in [7, 11) is 1.84. The van der Waals surface area contributed by atoms with E-state index in [0.29, 0.717) is 6.42 Å². The Balaban J connectivity index is 2.09. The molecule has 2 aromatic rings. The first-order valence-corrected chi connectivity index (χ1v) is 6.02. The quantitative estimate of drug-likeness (QED) is 0.770. The number of carbonyl (C=O) groups is 1. The van der Waals surface area contributed by atoms with Crippen molar-refractivity contribution in [2.45, 2.75) is 26.3 Å². The van der Waals surface area contributed by atoms with Gasteiger partial charge in [0.2, 0.25) is 5.91 Å². The van der Waals surface area contributed by atoms with Gasteiger partial charge in [0.15, 0.2) is 0 Å². The minimum atomic E-state index is 0.00689. The van der Waals surface area contributed by atoms with Gasteiger partial charge >= 0.3 is 0 Å². The Morgan fingerprint density at radius 1 is 1.50 bits per heavy atom. The summed E-state index contributed by atoms with van der Waals surface area (Å²) in [6.45, 7) is 3.88. The molecule has 18 heavy (non-hydrogen) atoms. The lowest BCUT2D eigenvalue weighted by molar-refractivity contribution is -0.116. The molecule has 0 aliphatic rings. The van der Waals surface area contributed by atoms with Gasteiger partial charge in [-0.3, -0.25) is 4.79 Å². The number of aromatic nitrogens is 2. The number of hydrogen-bond acceptors (Lipinski definition) is 3. The highest BCUT2D eigenvalue weighted by atomic mass is 16.1. The van der Waals surface area contributed by atoms with Crippen molar-refractivity contribution >= 4 is 22.6 Å². The minimum absolute atomic E-state index is 0.00689. The van der Waals surface area contributed by atoms with Crippen LogP contribution in [0.2, 0.25) is 0 Å². The van der Waals surface area contributed by atoms with Crippen LogP contribution in [0.5, 0.6) is 0 Å². The minimum Gasteiger partial charge on any atom is -0.342 e.